The summed E-state index contributed by atoms with van der Waals surface area (Å²) >= 11 is 0. The van der Waals surface area contributed by atoms with E-state index in [9.17, 15) is 10.3 Å². The minimum atomic E-state index is -0.323. The third-order valence-corrected chi connectivity index (χ3v) is 5.41. The molecule has 3 nitrogen and oxygen atoms in total. The number of benzene rings is 2. The monoisotopic (exact) mass is 363 g/mol. The highest BCUT2D eigenvalue weighted by Crippen LogP contribution is 2.40. The largest absolute Gasteiger partial charge is 0.508 e. The summed E-state index contributed by atoms with van der Waals surface area (Å²) in [6.07, 6.45) is 8.21. The Labute approximate surface area is 162 Å². The van der Waals surface area contributed by atoms with E-state index < -0.39 is 0 Å². The average Bonchev–Trinajstić information content (AvgIpc) is 2.79. The predicted molar refractivity (Wildman–Crippen MR) is 112 cm³/mol. The summed E-state index contributed by atoms with van der Waals surface area (Å²) in [5, 5.41) is 21.2. The first-order valence-electron chi connectivity index (χ1n) is 9.46. The van der Waals surface area contributed by atoms with Crippen LogP contribution in [0.2, 0.25) is 0 Å². The van der Waals surface area contributed by atoms with Crippen LogP contribution < -0.4 is 0 Å². The molecule has 1 heterocycles. The minimum absolute atomic E-state index is 0.282. The van der Waals surface area contributed by atoms with Crippen molar-refractivity contribution < 1.29 is 10.3 Å². The van der Waals surface area contributed by atoms with Crippen LogP contribution in [0.15, 0.2) is 60.2 Å². The van der Waals surface area contributed by atoms with E-state index in [1.807, 2.05) is 32.1 Å². The van der Waals surface area contributed by atoms with Crippen LogP contribution >= 0.6 is 0 Å². The lowest BCUT2D eigenvalue weighted by molar-refractivity contribution is -0.185. The van der Waals surface area contributed by atoms with Crippen LogP contribution in [0.5, 0.6) is 5.75 Å². The Hall–Kier alpha value is -2.36. The molecule has 27 heavy (non-hydrogen) atoms. The Morgan fingerprint density at radius 2 is 1.33 bits per heavy atom. The number of hydroxylamine groups is 2. The Kier molecular flexibility index (Phi) is 5.27. The van der Waals surface area contributed by atoms with Crippen LogP contribution in [0.4, 0.5) is 0 Å². The Bertz CT molecular complexity index is 843. The van der Waals surface area contributed by atoms with Crippen LogP contribution in [0.25, 0.3) is 12.2 Å². The first-order valence-corrected chi connectivity index (χ1v) is 9.46. The van der Waals surface area contributed by atoms with E-state index in [1.165, 1.54) is 16.2 Å². The van der Waals surface area contributed by atoms with Gasteiger partial charge in [-0.05, 0) is 69.4 Å². The zero-order chi connectivity index (χ0) is 19.7. The van der Waals surface area contributed by atoms with Crippen molar-refractivity contribution in [2.75, 3.05) is 0 Å². The Balaban J connectivity index is 1.62. The van der Waals surface area contributed by atoms with Crippen molar-refractivity contribution in [1.82, 2.24) is 5.06 Å². The van der Waals surface area contributed by atoms with Crippen LogP contribution in [0.3, 0.4) is 0 Å². The van der Waals surface area contributed by atoms with Crippen molar-refractivity contribution in [1.29, 1.82) is 0 Å². The fourth-order valence-electron chi connectivity index (χ4n) is 3.75. The number of phenols is 1. The highest BCUT2D eigenvalue weighted by molar-refractivity contribution is 5.69. The second-order valence-corrected chi connectivity index (χ2v) is 8.36. The molecule has 0 unspecified atom stereocenters. The normalized spacial score (nSPS) is 18.8. The Morgan fingerprint density at radius 3 is 1.81 bits per heavy atom. The molecule has 0 aliphatic carbocycles. The average molecular weight is 364 g/mol. The maximum absolute atomic E-state index is 10.4. The van der Waals surface area contributed by atoms with Crippen molar-refractivity contribution >= 4 is 12.2 Å². The van der Waals surface area contributed by atoms with Gasteiger partial charge in [-0.2, -0.15) is 5.06 Å². The second-order valence-electron chi connectivity index (χ2n) is 8.36. The third-order valence-electron chi connectivity index (χ3n) is 5.41. The second kappa shape index (κ2) is 7.34. The highest BCUT2D eigenvalue weighted by Gasteiger charge is 2.44. The van der Waals surface area contributed by atoms with E-state index in [0.717, 1.165) is 24.0 Å². The molecule has 0 radical (unpaired) electrons. The quantitative estimate of drug-likeness (QED) is 0.530. The first-order chi connectivity index (χ1) is 12.7. The number of aryl methyl sites for hydroxylation is 1. The molecule has 1 aliphatic heterocycles. The van der Waals surface area contributed by atoms with Gasteiger partial charge in [0.15, 0.2) is 0 Å². The van der Waals surface area contributed by atoms with E-state index in [4.69, 9.17) is 0 Å². The molecular weight excluding hydrogens is 334 g/mol. The van der Waals surface area contributed by atoms with Gasteiger partial charge in [0.25, 0.3) is 0 Å². The van der Waals surface area contributed by atoms with Crippen molar-refractivity contribution in [3.05, 3.63) is 76.9 Å². The van der Waals surface area contributed by atoms with Gasteiger partial charge in [-0.1, -0.05) is 60.2 Å². The smallest absolute Gasteiger partial charge is 0.115 e. The molecule has 0 saturated carbocycles. The number of rotatable bonds is 5. The lowest BCUT2D eigenvalue weighted by atomic mass is 9.91. The van der Waals surface area contributed by atoms with E-state index >= 15 is 0 Å². The maximum Gasteiger partial charge on any atom is 0.115 e. The van der Waals surface area contributed by atoms with Gasteiger partial charge in [-0.3, -0.25) is 0 Å². The van der Waals surface area contributed by atoms with Crippen molar-refractivity contribution in [3.63, 3.8) is 0 Å². The molecule has 0 atom stereocenters. The molecule has 0 bridgehead atoms. The van der Waals surface area contributed by atoms with E-state index in [1.54, 1.807) is 12.1 Å². The van der Waals surface area contributed by atoms with Crippen LogP contribution in [0, 0.1) is 0 Å². The van der Waals surface area contributed by atoms with E-state index in [2.05, 4.69) is 50.3 Å². The Morgan fingerprint density at radius 1 is 0.815 bits per heavy atom. The third kappa shape index (κ3) is 4.32. The lowest BCUT2D eigenvalue weighted by Crippen LogP contribution is -2.47. The minimum Gasteiger partial charge on any atom is -0.508 e. The number of phenolic OH excluding ortho intramolecular Hbond substituents is 1. The molecule has 0 fully saturated rings. The van der Waals surface area contributed by atoms with Crippen molar-refractivity contribution in [2.45, 2.75) is 51.6 Å². The van der Waals surface area contributed by atoms with Crippen molar-refractivity contribution in [2.24, 2.45) is 0 Å². The topological polar surface area (TPSA) is 43.7 Å². The van der Waals surface area contributed by atoms with Crippen LogP contribution in [-0.2, 0) is 6.42 Å². The van der Waals surface area contributed by atoms with Gasteiger partial charge in [0.2, 0.25) is 0 Å². The molecule has 0 spiro atoms. The number of aromatic hydroxyl groups is 1. The molecular formula is C24H29NO2. The summed E-state index contributed by atoms with van der Waals surface area (Å²) in [7, 11) is 0. The zero-order valence-corrected chi connectivity index (χ0v) is 16.6. The molecule has 0 saturated heterocycles. The van der Waals surface area contributed by atoms with Gasteiger partial charge in [-0.25, -0.2) is 0 Å². The van der Waals surface area contributed by atoms with Gasteiger partial charge in [0, 0.05) is 0 Å². The molecule has 2 aromatic rings. The zero-order valence-electron chi connectivity index (χ0n) is 16.6. The van der Waals surface area contributed by atoms with Gasteiger partial charge >= 0.3 is 0 Å². The van der Waals surface area contributed by atoms with Gasteiger partial charge in [0.1, 0.15) is 5.75 Å². The number of nitrogens with zero attached hydrogens (tertiary/aromatic N) is 1. The molecule has 2 aromatic carbocycles. The lowest BCUT2D eigenvalue weighted by Gasteiger charge is -2.36. The van der Waals surface area contributed by atoms with Crippen molar-refractivity contribution in [3.8, 4) is 5.75 Å². The maximum atomic E-state index is 10.4. The molecule has 3 rings (SSSR count). The first kappa shape index (κ1) is 19.4. The predicted octanol–water partition coefficient (Wildman–Crippen LogP) is 5.68. The molecule has 1 aliphatic rings. The molecule has 2 N–H and O–H groups in total. The van der Waals surface area contributed by atoms with E-state index in [0.29, 0.717) is 0 Å². The van der Waals surface area contributed by atoms with Gasteiger partial charge in [0.05, 0.1) is 11.1 Å². The molecule has 0 amide bonds. The number of hydrogen-bond acceptors (Lipinski definition) is 3. The standard InChI is InChI=1S/C24H29NO2/c1-23(2)17-21(24(3,4)25(23)27)14-11-19-8-5-18(6-9-19)7-10-20-12-15-22(26)16-13-20/h5-10,12-13,15-17,26-27H,11,14H2,1-4H3/b10-7+. The summed E-state index contributed by atoms with van der Waals surface area (Å²) < 4.78 is 0. The van der Waals surface area contributed by atoms with E-state index in [-0.39, 0.29) is 16.8 Å². The van der Waals surface area contributed by atoms with Crippen LogP contribution in [-0.4, -0.2) is 26.5 Å². The molecule has 142 valence electrons. The molecule has 0 aromatic heterocycles. The summed E-state index contributed by atoms with van der Waals surface area (Å²) in [5.74, 6) is 0.282. The highest BCUT2D eigenvalue weighted by atomic mass is 16.5. The summed E-state index contributed by atoms with van der Waals surface area (Å²) in [5.41, 5.74) is 4.14. The summed E-state index contributed by atoms with van der Waals surface area (Å²) in [6.45, 7) is 8.23. The van der Waals surface area contributed by atoms with Crippen LogP contribution in [0.1, 0.15) is 50.8 Å². The summed E-state index contributed by atoms with van der Waals surface area (Å²) in [6, 6.07) is 15.8. The molecule has 3 heteroatoms. The number of hydrogen-bond donors (Lipinski definition) is 2. The summed E-state index contributed by atoms with van der Waals surface area (Å²) in [4.78, 5) is 0. The van der Waals surface area contributed by atoms with Gasteiger partial charge < -0.3 is 10.3 Å². The SMILES string of the molecule is CC1(C)C=C(CCc2ccc(/C=C/c3ccc(O)cc3)cc2)C(C)(C)N1O. The fraction of sp³-hybridized carbons (Fsp3) is 0.333. The fourth-order valence-corrected chi connectivity index (χ4v) is 3.75. The van der Waals surface area contributed by atoms with Gasteiger partial charge in [-0.15, -0.1) is 0 Å².